The molecule has 1 heterocycles. The standard InChI is InChI=1S/C21H26N2O4S/c1-16-13-22(14-17(2)23(16)15-18-7-5-4-6-8-18)28(25,26)20-11-9-19(10-12-20)21(24)27-3/h4-12,16-17H,13-15H2,1-3H3/t16-,17+. The molecule has 2 aromatic carbocycles. The summed E-state index contributed by atoms with van der Waals surface area (Å²) < 4.78 is 32.4. The van der Waals surface area contributed by atoms with Crippen LogP contribution in [0.4, 0.5) is 0 Å². The first kappa shape index (κ1) is 20.5. The molecule has 6 nitrogen and oxygen atoms in total. The first-order valence-corrected chi connectivity index (χ1v) is 10.7. The van der Waals surface area contributed by atoms with Gasteiger partial charge in [-0.05, 0) is 43.7 Å². The second kappa shape index (κ2) is 8.43. The molecule has 0 bridgehead atoms. The van der Waals surface area contributed by atoms with Crippen molar-refractivity contribution in [2.24, 2.45) is 0 Å². The maximum Gasteiger partial charge on any atom is 0.337 e. The number of nitrogens with zero attached hydrogens (tertiary/aromatic N) is 2. The molecule has 0 unspecified atom stereocenters. The second-order valence-corrected chi connectivity index (χ2v) is 9.13. The van der Waals surface area contributed by atoms with Crippen molar-refractivity contribution in [2.75, 3.05) is 20.2 Å². The number of piperazine rings is 1. The largest absolute Gasteiger partial charge is 0.465 e. The zero-order valence-corrected chi connectivity index (χ0v) is 17.2. The van der Waals surface area contributed by atoms with Crippen LogP contribution < -0.4 is 0 Å². The predicted molar refractivity (Wildman–Crippen MR) is 107 cm³/mol. The number of sulfonamides is 1. The van der Waals surface area contributed by atoms with E-state index in [0.29, 0.717) is 18.7 Å². The number of esters is 1. The Morgan fingerprint density at radius 1 is 1.00 bits per heavy atom. The van der Waals surface area contributed by atoms with E-state index in [1.807, 2.05) is 18.2 Å². The molecule has 7 heteroatoms. The van der Waals surface area contributed by atoms with Crippen LogP contribution in [0, 0.1) is 0 Å². The molecule has 1 aliphatic heterocycles. The van der Waals surface area contributed by atoms with Gasteiger partial charge in [-0.3, -0.25) is 4.90 Å². The van der Waals surface area contributed by atoms with Crippen LogP contribution >= 0.6 is 0 Å². The minimum atomic E-state index is -3.62. The fourth-order valence-corrected chi connectivity index (χ4v) is 5.24. The number of hydrogen-bond donors (Lipinski definition) is 0. The van der Waals surface area contributed by atoms with Gasteiger partial charge in [0, 0.05) is 31.7 Å². The molecule has 0 aromatic heterocycles. The molecule has 0 amide bonds. The Kier molecular flexibility index (Phi) is 6.17. The van der Waals surface area contributed by atoms with Crippen molar-refractivity contribution in [2.45, 2.75) is 37.4 Å². The number of ether oxygens (including phenoxy) is 1. The van der Waals surface area contributed by atoms with Gasteiger partial charge in [0.2, 0.25) is 10.0 Å². The number of rotatable bonds is 5. The maximum atomic E-state index is 13.1. The third kappa shape index (κ3) is 4.27. The Morgan fingerprint density at radius 3 is 2.11 bits per heavy atom. The van der Waals surface area contributed by atoms with E-state index < -0.39 is 16.0 Å². The summed E-state index contributed by atoms with van der Waals surface area (Å²) in [6, 6.07) is 16.3. The Morgan fingerprint density at radius 2 is 1.57 bits per heavy atom. The van der Waals surface area contributed by atoms with Crippen molar-refractivity contribution >= 4 is 16.0 Å². The molecular weight excluding hydrogens is 376 g/mol. The number of carbonyl (C=O) groups excluding carboxylic acids is 1. The Labute approximate surface area is 166 Å². The Balaban J connectivity index is 1.75. The van der Waals surface area contributed by atoms with Gasteiger partial charge < -0.3 is 4.74 Å². The lowest BCUT2D eigenvalue weighted by atomic mass is 10.1. The van der Waals surface area contributed by atoms with Gasteiger partial charge in [-0.25, -0.2) is 13.2 Å². The lowest BCUT2D eigenvalue weighted by Crippen LogP contribution is -2.57. The minimum Gasteiger partial charge on any atom is -0.465 e. The van der Waals surface area contributed by atoms with Crippen molar-refractivity contribution in [3.05, 3.63) is 65.7 Å². The molecule has 0 N–H and O–H groups in total. The van der Waals surface area contributed by atoms with Gasteiger partial charge in [0.1, 0.15) is 0 Å². The number of benzene rings is 2. The summed E-state index contributed by atoms with van der Waals surface area (Å²) in [6.45, 7) is 5.77. The Bertz CT molecular complexity index is 901. The predicted octanol–water partition coefficient (Wildman–Crippen LogP) is 2.76. The van der Waals surface area contributed by atoms with E-state index in [1.54, 1.807) is 0 Å². The van der Waals surface area contributed by atoms with Gasteiger partial charge in [0.05, 0.1) is 17.6 Å². The van der Waals surface area contributed by atoms with Gasteiger partial charge in [0.15, 0.2) is 0 Å². The molecule has 2 aromatic rings. The summed E-state index contributed by atoms with van der Waals surface area (Å²) in [5.41, 5.74) is 1.55. The van der Waals surface area contributed by atoms with E-state index in [1.165, 1.54) is 41.2 Å². The molecule has 1 fully saturated rings. The summed E-state index contributed by atoms with van der Waals surface area (Å²) in [5, 5.41) is 0. The van der Waals surface area contributed by atoms with Gasteiger partial charge in [0.25, 0.3) is 0 Å². The third-order valence-corrected chi connectivity index (χ3v) is 7.04. The van der Waals surface area contributed by atoms with Crippen LogP contribution in [0.3, 0.4) is 0 Å². The smallest absolute Gasteiger partial charge is 0.337 e. The summed E-state index contributed by atoms with van der Waals surface area (Å²) in [6.07, 6.45) is 0. The lowest BCUT2D eigenvalue weighted by molar-refractivity contribution is 0.0600. The highest BCUT2D eigenvalue weighted by Gasteiger charge is 2.36. The van der Waals surface area contributed by atoms with Crippen LogP contribution in [0.2, 0.25) is 0 Å². The lowest BCUT2D eigenvalue weighted by Gasteiger charge is -2.43. The maximum absolute atomic E-state index is 13.1. The van der Waals surface area contributed by atoms with Crippen LogP contribution in [-0.4, -0.2) is 55.9 Å². The highest BCUT2D eigenvalue weighted by Crippen LogP contribution is 2.25. The van der Waals surface area contributed by atoms with Gasteiger partial charge >= 0.3 is 5.97 Å². The Hall–Kier alpha value is -2.22. The van der Waals surface area contributed by atoms with Crippen molar-refractivity contribution < 1.29 is 17.9 Å². The van der Waals surface area contributed by atoms with Crippen LogP contribution in [0.1, 0.15) is 29.8 Å². The fraction of sp³-hybridized carbons (Fsp3) is 0.381. The number of methoxy groups -OCH3 is 1. The van der Waals surface area contributed by atoms with Gasteiger partial charge in [-0.1, -0.05) is 30.3 Å². The van der Waals surface area contributed by atoms with Crippen molar-refractivity contribution in [1.82, 2.24) is 9.21 Å². The van der Waals surface area contributed by atoms with Crippen LogP contribution in [-0.2, 0) is 21.3 Å². The molecule has 0 spiro atoms. The summed E-state index contributed by atoms with van der Waals surface area (Å²) in [7, 11) is -2.32. The molecule has 3 rings (SSSR count). The highest BCUT2D eigenvalue weighted by atomic mass is 32.2. The van der Waals surface area contributed by atoms with Gasteiger partial charge in [-0.2, -0.15) is 4.31 Å². The zero-order chi connectivity index (χ0) is 20.3. The minimum absolute atomic E-state index is 0.0908. The zero-order valence-electron chi connectivity index (χ0n) is 16.4. The molecule has 1 saturated heterocycles. The monoisotopic (exact) mass is 402 g/mol. The molecule has 0 aliphatic carbocycles. The average Bonchev–Trinajstić information content (AvgIpc) is 2.70. The molecule has 1 aliphatic rings. The van der Waals surface area contributed by atoms with E-state index in [9.17, 15) is 13.2 Å². The first-order chi connectivity index (χ1) is 13.3. The average molecular weight is 403 g/mol. The van der Waals surface area contributed by atoms with Crippen molar-refractivity contribution in [1.29, 1.82) is 0 Å². The quantitative estimate of drug-likeness (QED) is 0.720. The molecule has 28 heavy (non-hydrogen) atoms. The highest BCUT2D eigenvalue weighted by molar-refractivity contribution is 7.89. The summed E-state index contributed by atoms with van der Waals surface area (Å²) >= 11 is 0. The second-order valence-electron chi connectivity index (χ2n) is 7.19. The fourth-order valence-electron chi connectivity index (χ4n) is 3.64. The normalized spacial score (nSPS) is 21.4. The summed E-state index contributed by atoms with van der Waals surface area (Å²) in [4.78, 5) is 14.1. The van der Waals surface area contributed by atoms with E-state index in [2.05, 4.69) is 35.6 Å². The first-order valence-electron chi connectivity index (χ1n) is 9.31. The summed E-state index contributed by atoms with van der Waals surface area (Å²) in [5.74, 6) is -0.485. The molecule has 2 atom stereocenters. The number of hydrogen-bond acceptors (Lipinski definition) is 5. The van der Waals surface area contributed by atoms with Crippen molar-refractivity contribution in [3.8, 4) is 0 Å². The van der Waals surface area contributed by atoms with E-state index in [4.69, 9.17) is 0 Å². The van der Waals surface area contributed by atoms with E-state index in [-0.39, 0.29) is 17.0 Å². The van der Waals surface area contributed by atoms with E-state index in [0.717, 1.165) is 6.54 Å². The number of carbonyl (C=O) groups is 1. The van der Waals surface area contributed by atoms with Gasteiger partial charge in [-0.15, -0.1) is 0 Å². The molecule has 0 saturated carbocycles. The molecule has 0 radical (unpaired) electrons. The SMILES string of the molecule is COC(=O)c1ccc(S(=O)(=O)N2C[C@@H](C)N(Cc3ccccc3)[C@@H](C)C2)cc1. The van der Waals surface area contributed by atoms with Crippen LogP contribution in [0.15, 0.2) is 59.5 Å². The third-order valence-electron chi connectivity index (χ3n) is 5.19. The van der Waals surface area contributed by atoms with Crippen molar-refractivity contribution in [3.63, 3.8) is 0 Å². The van der Waals surface area contributed by atoms with Crippen LogP contribution in [0.25, 0.3) is 0 Å². The topological polar surface area (TPSA) is 66.9 Å². The molecular formula is C21H26N2O4S. The van der Waals surface area contributed by atoms with E-state index >= 15 is 0 Å². The molecule has 150 valence electrons. The van der Waals surface area contributed by atoms with Crippen LogP contribution in [0.5, 0.6) is 0 Å².